The van der Waals surface area contributed by atoms with Gasteiger partial charge in [-0.1, -0.05) is 103 Å². The van der Waals surface area contributed by atoms with Gasteiger partial charge in [-0.2, -0.15) is 0 Å². The number of anilines is 2. The molecule has 47 heavy (non-hydrogen) atoms. The highest BCUT2D eigenvalue weighted by molar-refractivity contribution is 6.25. The topological polar surface area (TPSA) is 41.4 Å². The van der Waals surface area contributed by atoms with Crippen molar-refractivity contribution in [2.45, 2.75) is 12.0 Å². The van der Waals surface area contributed by atoms with E-state index in [1.165, 1.54) is 49.1 Å². The third kappa shape index (κ3) is 4.05. The number of hydrogen-bond donors (Lipinski definition) is 0. The molecule has 0 bridgehead atoms. The maximum atomic E-state index is 4.88. The second kappa shape index (κ2) is 10.2. The summed E-state index contributed by atoms with van der Waals surface area (Å²) in [7, 11) is 0. The molecule has 0 saturated carbocycles. The molecule has 0 saturated heterocycles. The van der Waals surface area contributed by atoms with Gasteiger partial charge in [0.25, 0.3) is 0 Å². The maximum absolute atomic E-state index is 4.88. The van der Waals surface area contributed by atoms with Gasteiger partial charge in [-0.3, -0.25) is 15.0 Å². The molecule has 0 spiro atoms. The number of rotatable bonds is 4. The minimum atomic E-state index is 0.170. The summed E-state index contributed by atoms with van der Waals surface area (Å²) in [6.45, 7) is 0. The summed E-state index contributed by atoms with van der Waals surface area (Å²) in [5, 5.41) is 7.73. The minimum Gasteiger partial charge on any atom is -0.332 e. The number of para-hydroxylation sites is 1. The largest absolute Gasteiger partial charge is 0.332 e. The highest BCUT2D eigenvalue weighted by Gasteiger charge is 2.37. The van der Waals surface area contributed by atoms with Crippen LogP contribution in [0.2, 0.25) is 0 Å². The van der Waals surface area contributed by atoms with Crippen LogP contribution in [0.1, 0.15) is 11.5 Å². The first-order valence-corrected chi connectivity index (χ1v) is 16.1. The Labute approximate surface area is 272 Å². The van der Waals surface area contributed by atoms with Crippen molar-refractivity contribution < 1.29 is 0 Å². The van der Waals surface area contributed by atoms with Crippen molar-refractivity contribution in [3.63, 3.8) is 0 Å². The van der Waals surface area contributed by atoms with Crippen LogP contribution in [-0.4, -0.2) is 22.2 Å². The van der Waals surface area contributed by atoms with Crippen molar-refractivity contribution in [3.8, 4) is 33.6 Å². The van der Waals surface area contributed by atoms with E-state index in [0.717, 1.165) is 33.8 Å². The van der Waals surface area contributed by atoms with Crippen molar-refractivity contribution >= 4 is 49.9 Å². The maximum Gasteiger partial charge on any atom is 0.0886 e. The standard InChI is InChI=1S/C43H28N4/c1-2-10-40-35(9-1)36-21-22-44-26-41(36)47(40)33-8-4-7-30(23-33)31-15-19-38(45-24-31)39-20-16-32(25-46-39)34-17-13-29-12-11-27-5-3-6-28-14-18-37(34)43(29)42(27)28/h1-26,36,41H. The zero-order valence-electron chi connectivity index (χ0n) is 25.5. The highest BCUT2D eigenvalue weighted by atomic mass is 15.2. The number of benzene rings is 6. The Bertz CT molecular complexity index is 2510. The van der Waals surface area contributed by atoms with Crippen LogP contribution < -0.4 is 4.90 Å². The molecule has 0 fully saturated rings. The molecule has 0 aliphatic carbocycles. The first-order valence-electron chi connectivity index (χ1n) is 16.1. The molecule has 2 aliphatic rings. The molecule has 0 amide bonds. The van der Waals surface area contributed by atoms with Crippen LogP contribution in [0, 0.1) is 0 Å². The van der Waals surface area contributed by atoms with Gasteiger partial charge < -0.3 is 4.90 Å². The first-order chi connectivity index (χ1) is 23.3. The van der Waals surface area contributed by atoms with Gasteiger partial charge in [0.2, 0.25) is 0 Å². The Balaban J connectivity index is 0.956. The molecule has 220 valence electrons. The molecular formula is C43H28N4. The zero-order chi connectivity index (χ0) is 30.9. The summed E-state index contributed by atoms with van der Waals surface area (Å²) in [4.78, 5) is 16.6. The van der Waals surface area contributed by atoms with Gasteiger partial charge in [-0.25, -0.2) is 0 Å². The van der Waals surface area contributed by atoms with Crippen molar-refractivity contribution in [1.29, 1.82) is 0 Å². The average molecular weight is 601 g/mol. The normalized spacial score (nSPS) is 16.7. The van der Waals surface area contributed by atoms with Crippen LogP contribution in [-0.2, 0) is 0 Å². The molecular weight excluding hydrogens is 573 g/mol. The number of fused-ring (bicyclic) bond motifs is 3. The van der Waals surface area contributed by atoms with E-state index in [-0.39, 0.29) is 6.04 Å². The molecule has 2 atom stereocenters. The van der Waals surface area contributed by atoms with Crippen molar-refractivity contribution in [1.82, 2.24) is 9.97 Å². The lowest BCUT2D eigenvalue weighted by atomic mass is 9.90. The lowest BCUT2D eigenvalue weighted by Crippen LogP contribution is -2.32. The quantitative estimate of drug-likeness (QED) is 0.189. The summed E-state index contributed by atoms with van der Waals surface area (Å²) in [6, 6.07) is 45.9. The molecule has 2 unspecified atom stereocenters. The Morgan fingerprint density at radius 2 is 1.28 bits per heavy atom. The minimum absolute atomic E-state index is 0.170. The van der Waals surface area contributed by atoms with Crippen molar-refractivity contribution in [3.05, 3.63) is 158 Å². The van der Waals surface area contributed by atoms with Gasteiger partial charge in [0.05, 0.1) is 17.4 Å². The molecule has 4 heteroatoms. The third-order valence-corrected chi connectivity index (χ3v) is 9.93. The Morgan fingerprint density at radius 1 is 0.553 bits per heavy atom. The molecule has 2 aliphatic heterocycles. The number of nitrogens with zero attached hydrogens (tertiary/aromatic N) is 4. The third-order valence-electron chi connectivity index (χ3n) is 9.93. The molecule has 10 rings (SSSR count). The van der Waals surface area contributed by atoms with Crippen LogP contribution in [0.5, 0.6) is 0 Å². The van der Waals surface area contributed by atoms with E-state index >= 15 is 0 Å². The van der Waals surface area contributed by atoms with Crippen molar-refractivity contribution in [2.24, 2.45) is 4.99 Å². The molecule has 4 nitrogen and oxygen atoms in total. The fourth-order valence-corrected chi connectivity index (χ4v) is 7.71. The molecule has 2 aromatic heterocycles. The first kappa shape index (κ1) is 26.1. The summed E-state index contributed by atoms with van der Waals surface area (Å²) in [6.07, 6.45) is 10.1. The molecule has 0 N–H and O–H groups in total. The molecule has 8 aromatic rings. The smallest absolute Gasteiger partial charge is 0.0886 e. The second-order valence-corrected chi connectivity index (χ2v) is 12.5. The van der Waals surface area contributed by atoms with Crippen LogP contribution in [0.15, 0.2) is 157 Å². The van der Waals surface area contributed by atoms with Crippen LogP contribution in [0.25, 0.3) is 66.0 Å². The number of hydrogen-bond acceptors (Lipinski definition) is 4. The fraction of sp³-hybridized carbons (Fsp3) is 0.0465. The van der Waals surface area contributed by atoms with Crippen LogP contribution in [0.3, 0.4) is 0 Å². The van der Waals surface area contributed by atoms with Gasteiger partial charge in [-0.15, -0.1) is 0 Å². The number of pyridine rings is 2. The predicted molar refractivity (Wildman–Crippen MR) is 195 cm³/mol. The number of aliphatic imine (C=N–C) groups is 1. The van der Waals surface area contributed by atoms with Gasteiger partial charge >= 0.3 is 0 Å². The average Bonchev–Trinajstić information content (AvgIpc) is 3.48. The SMILES string of the molecule is C1=CC2c3ccccc3N(c3cccc(-c4ccc(-c5ccc(-c6ccc7ccc8cccc9ccc6c7c89)cn5)nc4)c3)C2C=N1. The Hall–Kier alpha value is -6.13. The van der Waals surface area contributed by atoms with Crippen LogP contribution in [0.4, 0.5) is 11.4 Å². The van der Waals surface area contributed by atoms with Gasteiger partial charge in [0.15, 0.2) is 0 Å². The molecule has 6 aromatic carbocycles. The van der Waals surface area contributed by atoms with Crippen molar-refractivity contribution in [2.75, 3.05) is 4.90 Å². The fourth-order valence-electron chi connectivity index (χ4n) is 7.71. The van der Waals surface area contributed by atoms with E-state index in [2.05, 4.69) is 150 Å². The molecule has 4 heterocycles. The van der Waals surface area contributed by atoms with Gasteiger partial charge in [0.1, 0.15) is 0 Å². The lowest BCUT2D eigenvalue weighted by Gasteiger charge is -2.28. The van der Waals surface area contributed by atoms with Crippen LogP contribution >= 0.6 is 0 Å². The van der Waals surface area contributed by atoms with E-state index in [1.807, 2.05) is 18.6 Å². The lowest BCUT2D eigenvalue weighted by molar-refractivity contribution is 0.787. The summed E-state index contributed by atoms with van der Waals surface area (Å²) in [5.41, 5.74) is 9.94. The van der Waals surface area contributed by atoms with E-state index in [9.17, 15) is 0 Å². The summed E-state index contributed by atoms with van der Waals surface area (Å²) >= 11 is 0. The van der Waals surface area contributed by atoms with E-state index < -0.39 is 0 Å². The predicted octanol–water partition coefficient (Wildman–Crippen LogP) is 10.6. The Kier molecular flexibility index (Phi) is 5.67. The van der Waals surface area contributed by atoms with Gasteiger partial charge in [0, 0.05) is 53.2 Å². The monoisotopic (exact) mass is 600 g/mol. The molecule has 0 radical (unpaired) electrons. The van der Waals surface area contributed by atoms with E-state index in [0.29, 0.717) is 5.92 Å². The summed E-state index contributed by atoms with van der Waals surface area (Å²) in [5.74, 6) is 0.306. The Morgan fingerprint density at radius 3 is 2.09 bits per heavy atom. The second-order valence-electron chi connectivity index (χ2n) is 12.5. The number of aromatic nitrogens is 2. The summed E-state index contributed by atoms with van der Waals surface area (Å²) < 4.78 is 0. The zero-order valence-corrected chi connectivity index (χ0v) is 25.5. The highest BCUT2D eigenvalue weighted by Crippen LogP contribution is 2.47. The van der Waals surface area contributed by atoms with E-state index in [1.54, 1.807) is 0 Å². The van der Waals surface area contributed by atoms with Gasteiger partial charge in [-0.05, 0) is 79.3 Å². The van der Waals surface area contributed by atoms with E-state index in [4.69, 9.17) is 9.97 Å².